The molecule has 1 aromatic rings. The SMILES string of the molecule is CC(C)(C)NC(=O)c1cc(S(N)(=O)=O)c(Br)o1. The molecule has 0 aromatic carbocycles. The number of nitrogens with two attached hydrogens (primary N) is 1. The number of amides is 1. The molecule has 0 aliphatic heterocycles. The van der Waals surface area contributed by atoms with Gasteiger partial charge >= 0.3 is 0 Å². The van der Waals surface area contributed by atoms with Gasteiger partial charge in [-0.1, -0.05) is 0 Å². The molecular formula is C9H13BrN2O4S. The maximum Gasteiger partial charge on any atom is 0.287 e. The first-order valence-corrected chi connectivity index (χ1v) is 6.99. The van der Waals surface area contributed by atoms with Crippen LogP contribution >= 0.6 is 15.9 Å². The minimum Gasteiger partial charge on any atom is -0.443 e. The third kappa shape index (κ3) is 3.83. The Balaban J connectivity index is 3.07. The average molecular weight is 325 g/mol. The number of nitrogens with one attached hydrogen (secondary N) is 1. The average Bonchev–Trinajstić information content (AvgIpc) is 2.42. The van der Waals surface area contributed by atoms with Crippen LogP contribution in [-0.4, -0.2) is 19.9 Å². The number of hydrogen-bond acceptors (Lipinski definition) is 4. The Morgan fingerprint density at radius 1 is 1.47 bits per heavy atom. The van der Waals surface area contributed by atoms with Crippen LogP contribution < -0.4 is 10.5 Å². The van der Waals surface area contributed by atoms with E-state index in [0.717, 1.165) is 6.07 Å². The Morgan fingerprint density at radius 2 is 2.00 bits per heavy atom. The van der Waals surface area contributed by atoms with Crippen LogP contribution in [0, 0.1) is 0 Å². The number of carbonyl (C=O) groups is 1. The molecule has 0 aliphatic rings. The first-order valence-electron chi connectivity index (χ1n) is 4.65. The lowest BCUT2D eigenvalue weighted by atomic mass is 10.1. The normalized spacial score (nSPS) is 12.5. The quantitative estimate of drug-likeness (QED) is 0.853. The van der Waals surface area contributed by atoms with Crippen molar-refractivity contribution in [2.75, 3.05) is 0 Å². The molecule has 3 N–H and O–H groups in total. The first kappa shape index (κ1) is 14.2. The van der Waals surface area contributed by atoms with E-state index in [9.17, 15) is 13.2 Å². The fourth-order valence-corrected chi connectivity index (χ4v) is 2.56. The van der Waals surface area contributed by atoms with E-state index in [1.165, 1.54) is 0 Å². The molecule has 17 heavy (non-hydrogen) atoms. The zero-order valence-electron chi connectivity index (χ0n) is 9.57. The number of furan rings is 1. The van der Waals surface area contributed by atoms with Crippen molar-refractivity contribution in [3.63, 3.8) is 0 Å². The zero-order chi connectivity index (χ0) is 13.4. The van der Waals surface area contributed by atoms with Crippen molar-refractivity contribution in [3.8, 4) is 0 Å². The third-order valence-corrected chi connectivity index (χ3v) is 3.44. The molecular weight excluding hydrogens is 312 g/mol. The molecule has 1 heterocycles. The minimum atomic E-state index is -3.91. The number of hydrogen-bond donors (Lipinski definition) is 2. The van der Waals surface area contributed by atoms with Crippen LogP contribution in [0.4, 0.5) is 0 Å². The van der Waals surface area contributed by atoms with Gasteiger partial charge in [0, 0.05) is 11.6 Å². The smallest absolute Gasteiger partial charge is 0.287 e. The summed E-state index contributed by atoms with van der Waals surface area (Å²) in [6, 6.07) is 1.08. The molecule has 0 radical (unpaired) electrons. The van der Waals surface area contributed by atoms with Gasteiger partial charge in [0.25, 0.3) is 5.91 Å². The summed E-state index contributed by atoms with van der Waals surface area (Å²) in [4.78, 5) is 11.4. The molecule has 96 valence electrons. The topological polar surface area (TPSA) is 102 Å². The fraction of sp³-hybridized carbons (Fsp3) is 0.444. The second kappa shape index (κ2) is 4.43. The van der Waals surface area contributed by atoms with Crippen molar-refractivity contribution in [2.45, 2.75) is 31.2 Å². The minimum absolute atomic E-state index is 0.0842. The van der Waals surface area contributed by atoms with Gasteiger partial charge in [0.05, 0.1) is 0 Å². The summed E-state index contributed by atoms with van der Waals surface area (Å²) in [7, 11) is -3.91. The van der Waals surface area contributed by atoms with Crippen molar-refractivity contribution in [2.24, 2.45) is 5.14 Å². The van der Waals surface area contributed by atoms with Crippen LogP contribution in [0.3, 0.4) is 0 Å². The molecule has 0 aliphatic carbocycles. The predicted octanol–water partition coefficient (Wildman–Crippen LogP) is 1.22. The van der Waals surface area contributed by atoms with Crippen molar-refractivity contribution in [1.29, 1.82) is 0 Å². The summed E-state index contributed by atoms with van der Waals surface area (Å²) >= 11 is 2.90. The van der Waals surface area contributed by atoms with E-state index in [1.54, 1.807) is 20.8 Å². The molecule has 8 heteroatoms. The second-order valence-corrected chi connectivity index (χ2v) is 6.75. The van der Waals surface area contributed by atoms with E-state index in [1.807, 2.05) is 0 Å². The summed E-state index contributed by atoms with van der Waals surface area (Å²) in [5, 5.41) is 7.59. The van der Waals surface area contributed by atoms with Gasteiger partial charge < -0.3 is 9.73 Å². The van der Waals surface area contributed by atoms with Gasteiger partial charge in [-0.25, -0.2) is 13.6 Å². The van der Waals surface area contributed by atoms with Crippen LogP contribution in [0.5, 0.6) is 0 Å². The molecule has 0 bridgehead atoms. The van der Waals surface area contributed by atoms with Crippen molar-refractivity contribution >= 4 is 31.9 Å². The maximum atomic E-state index is 11.7. The van der Waals surface area contributed by atoms with Crippen LogP contribution in [0.1, 0.15) is 31.3 Å². The van der Waals surface area contributed by atoms with E-state index in [2.05, 4.69) is 21.2 Å². The molecule has 6 nitrogen and oxygen atoms in total. The molecule has 0 saturated carbocycles. The van der Waals surface area contributed by atoms with Crippen LogP contribution in [0.25, 0.3) is 0 Å². The fourth-order valence-electron chi connectivity index (χ4n) is 1.06. The highest BCUT2D eigenvalue weighted by molar-refractivity contribution is 9.10. The number of halogens is 1. The lowest BCUT2D eigenvalue weighted by Crippen LogP contribution is -2.40. The van der Waals surface area contributed by atoms with Gasteiger partial charge in [-0.15, -0.1) is 0 Å². The largest absolute Gasteiger partial charge is 0.443 e. The Hall–Kier alpha value is -0.860. The molecule has 1 aromatic heterocycles. The lowest BCUT2D eigenvalue weighted by Gasteiger charge is -2.19. The van der Waals surface area contributed by atoms with E-state index in [-0.39, 0.29) is 15.3 Å². The standard InChI is InChI=1S/C9H13BrN2O4S/c1-9(2,3)12-8(13)5-4-6(7(10)16-5)17(11,14)15/h4H,1-3H3,(H,12,13)(H2,11,14,15). The highest BCUT2D eigenvalue weighted by Gasteiger charge is 2.24. The summed E-state index contributed by atoms with van der Waals surface area (Å²) in [5.74, 6) is -0.621. The Bertz CT molecular complexity index is 542. The summed E-state index contributed by atoms with van der Waals surface area (Å²) in [5.41, 5.74) is -0.446. The summed E-state index contributed by atoms with van der Waals surface area (Å²) in [6.45, 7) is 5.39. The molecule has 1 amide bonds. The number of rotatable bonds is 2. The highest BCUT2D eigenvalue weighted by Crippen LogP contribution is 2.25. The lowest BCUT2D eigenvalue weighted by molar-refractivity contribution is 0.0889. The van der Waals surface area contributed by atoms with Crippen LogP contribution in [-0.2, 0) is 10.0 Å². The number of sulfonamides is 1. The van der Waals surface area contributed by atoms with E-state index in [4.69, 9.17) is 9.56 Å². The molecule has 0 atom stereocenters. The van der Waals surface area contributed by atoms with Gasteiger partial charge in [-0.05, 0) is 36.7 Å². The van der Waals surface area contributed by atoms with Gasteiger partial charge in [0.15, 0.2) is 10.4 Å². The Kier molecular flexibility index (Phi) is 3.70. The molecule has 0 saturated heterocycles. The van der Waals surface area contributed by atoms with Crippen molar-refractivity contribution in [3.05, 3.63) is 16.5 Å². The monoisotopic (exact) mass is 324 g/mol. The van der Waals surface area contributed by atoms with Crippen LogP contribution in [0.15, 0.2) is 20.0 Å². The Morgan fingerprint density at radius 3 is 2.35 bits per heavy atom. The predicted molar refractivity (Wildman–Crippen MR) is 65.0 cm³/mol. The zero-order valence-corrected chi connectivity index (χ0v) is 12.0. The maximum absolute atomic E-state index is 11.7. The number of carbonyl (C=O) groups excluding carboxylic acids is 1. The molecule has 0 spiro atoms. The van der Waals surface area contributed by atoms with Gasteiger partial charge in [-0.2, -0.15) is 0 Å². The molecule has 0 fully saturated rings. The van der Waals surface area contributed by atoms with Crippen molar-refractivity contribution < 1.29 is 17.6 Å². The Labute approximate surface area is 108 Å². The van der Waals surface area contributed by atoms with Crippen molar-refractivity contribution in [1.82, 2.24) is 5.32 Å². The van der Waals surface area contributed by atoms with Gasteiger partial charge in [0.1, 0.15) is 4.90 Å². The second-order valence-electron chi connectivity index (χ2n) is 4.50. The summed E-state index contributed by atoms with van der Waals surface area (Å²) < 4.78 is 27.2. The highest BCUT2D eigenvalue weighted by atomic mass is 79.9. The summed E-state index contributed by atoms with van der Waals surface area (Å²) in [6.07, 6.45) is 0. The van der Waals surface area contributed by atoms with E-state index >= 15 is 0 Å². The molecule has 0 unspecified atom stereocenters. The third-order valence-electron chi connectivity index (χ3n) is 1.67. The molecule has 1 rings (SSSR count). The van der Waals surface area contributed by atoms with Gasteiger partial charge in [-0.3, -0.25) is 4.79 Å². The van der Waals surface area contributed by atoms with Crippen LogP contribution in [0.2, 0.25) is 0 Å². The van der Waals surface area contributed by atoms with E-state index in [0.29, 0.717) is 0 Å². The number of primary sulfonamides is 1. The first-order chi connectivity index (χ1) is 7.50. The van der Waals surface area contributed by atoms with Gasteiger partial charge in [0.2, 0.25) is 10.0 Å². The van der Waals surface area contributed by atoms with E-state index < -0.39 is 21.5 Å².